The molecule has 0 fully saturated rings. The summed E-state index contributed by atoms with van der Waals surface area (Å²) in [6.45, 7) is -2.29. The van der Waals surface area contributed by atoms with Gasteiger partial charge in [-0.3, -0.25) is 0 Å². The highest BCUT2D eigenvalue weighted by Crippen LogP contribution is 2.56. The zero-order chi connectivity index (χ0) is 50.3. The molecule has 2 heterocycles. The second-order valence-electron chi connectivity index (χ2n) is 16.6. The molecule has 0 N–H and O–H groups in total. The lowest BCUT2D eigenvalue weighted by atomic mass is 9.97. The molecule has 20 heteroatoms. The zero-order valence-corrected chi connectivity index (χ0v) is 35.1. The van der Waals surface area contributed by atoms with E-state index in [-0.39, 0.29) is 35.1 Å². The van der Waals surface area contributed by atoms with E-state index >= 15 is 0 Å². The van der Waals surface area contributed by atoms with Crippen molar-refractivity contribution in [1.29, 1.82) is 0 Å². The quantitative estimate of drug-likeness (QED) is 0.0759. The molecule has 0 saturated carbocycles. The normalized spacial score (nSPS) is 16.9. The van der Waals surface area contributed by atoms with E-state index in [9.17, 15) is 79.0 Å². The molecule has 0 bridgehead atoms. The van der Waals surface area contributed by atoms with Crippen LogP contribution in [0.25, 0.3) is 44.1 Å². The largest absolute Gasteiger partial charge is 0.460 e. The van der Waals surface area contributed by atoms with Crippen molar-refractivity contribution in [3.63, 3.8) is 0 Å². The fourth-order valence-electron chi connectivity index (χ4n) is 8.94. The van der Waals surface area contributed by atoms with Crippen molar-refractivity contribution < 1.29 is 83.6 Å². The average Bonchev–Trinajstić information content (AvgIpc) is 3.93. The van der Waals surface area contributed by atoms with Gasteiger partial charge in [0.05, 0.1) is 17.4 Å². The molecular weight excluding hydrogens is 959 g/mol. The predicted octanol–water partition coefficient (Wildman–Crippen LogP) is 15.0. The molecule has 2 nitrogen and oxygen atoms in total. The third-order valence-corrected chi connectivity index (χ3v) is 12.5. The second kappa shape index (κ2) is 16.7. The maximum absolute atomic E-state index is 15.0. The molecule has 1 aliphatic carbocycles. The lowest BCUT2D eigenvalue weighted by Crippen LogP contribution is -2.61. The fourth-order valence-corrected chi connectivity index (χ4v) is 8.94. The van der Waals surface area contributed by atoms with Crippen molar-refractivity contribution >= 4 is 55.5 Å². The Bertz CT molecular complexity index is 3140. The molecule has 6 aromatic rings. The molecule has 0 unspecified atom stereocenters. The van der Waals surface area contributed by atoms with Crippen LogP contribution in [-0.2, 0) is 6.54 Å². The van der Waals surface area contributed by atoms with Crippen LogP contribution in [-0.4, -0.2) is 69.3 Å². The number of aromatic nitrogens is 1. The van der Waals surface area contributed by atoms with Crippen LogP contribution in [0, 0.1) is 0 Å². The molecule has 1 aromatic heterocycles. The summed E-state index contributed by atoms with van der Waals surface area (Å²) in [6, 6.07) is 27.3. The van der Waals surface area contributed by atoms with Gasteiger partial charge in [0, 0.05) is 46.7 Å². The van der Waals surface area contributed by atoms with Crippen molar-refractivity contribution in [2.45, 2.75) is 80.1 Å². The highest BCUT2D eigenvalue weighted by Gasteiger charge is 2.82. The van der Waals surface area contributed by atoms with Crippen LogP contribution in [0.1, 0.15) is 36.8 Å². The summed E-state index contributed by atoms with van der Waals surface area (Å²) in [7, 11) is 0. The number of nitrogens with zero attached hydrogens (tertiary/aromatic N) is 2. The summed E-state index contributed by atoms with van der Waals surface area (Å²) in [5.74, 6) is -39.5. The molecule has 364 valence electrons. The Morgan fingerprint density at radius 1 is 0.507 bits per heavy atom. The van der Waals surface area contributed by atoms with Gasteiger partial charge >= 0.3 is 47.9 Å². The summed E-state index contributed by atoms with van der Waals surface area (Å²) < 4.78 is 253. The van der Waals surface area contributed by atoms with Gasteiger partial charge < -0.3 is 4.57 Å². The number of hydrogen-bond acceptors (Lipinski definition) is 0. The first-order valence-electron chi connectivity index (χ1n) is 20.8. The molecule has 0 radical (unpaired) electrons. The van der Waals surface area contributed by atoms with Crippen LogP contribution in [0.5, 0.6) is 0 Å². The monoisotopic (exact) mass is 991 g/mol. The van der Waals surface area contributed by atoms with E-state index in [4.69, 9.17) is 0 Å². The van der Waals surface area contributed by atoms with Crippen LogP contribution in [0.3, 0.4) is 0 Å². The molecule has 2 aliphatic rings. The Morgan fingerprint density at radius 3 is 1.67 bits per heavy atom. The number of benzene rings is 5. The van der Waals surface area contributed by atoms with Crippen LogP contribution < -0.4 is 5.35 Å². The highest BCUT2D eigenvalue weighted by atomic mass is 19.4. The van der Waals surface area contributed by atoms with Crippen molar-refractivity contribution in [1.82, 2.24) is 4.57 Å². The van der Waals surface area contributed by atoms with Crippen LogP contribution in [0.15, 0.2) is 133 Å². The first-order valence-corrected chi connectivity index (χ1v) is 20.8. The Morgan fingerprint density at radius 2 is 1.06 bits per heavy atom. The number of rotatable bonds is 14. The lowest BCUT2D eigenvalue weighted by Gasteiger charge is -2.33. The number of hydrogen-bond donors (Lipinski definition) is 0. The minimum atomic E-state index is -7.08. The SMILES string of the molecule is FC(F)(F)C(F)(F)C(F)(F)C(F)(F)CCn1/c(=C/C=C2\CCC(/C=C/C3=[N+](CCC(F)(F)C(F)(F)C(F)(F)C(F)(F)F)c4cccc5cccc3c45)=C2c2ccccc2)c2cccc3cccc1c32. The summed E-state index contributed by atoms with van der Waals surface area (Å²) in [6.07, 6.45) is -11.7. The molecule has 8 rings (SSSR count). The van der Waals surface area contributed by atoms with Gasteiger partial charge in [-0.2, -0.15) is 83.6 Å². The standard InChI is InChI=1S/C49H33F18N2/c50-42(51,44(54,55)46(58,59)48(62,63)64)24-26-68-35(33-14-4-10-29-12-6-16-37(68)40(29)33)22-20-31-18-19-32(39(31)28-8-2-1-3-9-28)21-23-36-34-15-5-11-30-13-7-17-38(41(30)34)69(36)27-25-43(52,53)45(56,57)47(60,61)49(65,66)67/h1-17,20-23H,18-19,24-27H2/q+1. The molecule has 0 spiro atoms. The Balaban J connectivity index is 1.22. The molecule has 5 aromatic carbocycles. The van der Waals surface area contributed by atoms with Gasteiger partial charge in [-0.05, 0) is 64.1 Å². The second-order valence-corrected chi connectivity index (χ2v) is 16.6. The zero-order valence-electron chi connectivity index (χ0n) is 35.1. The number of allylic oxidation sites excluding steroid dienone is 6. The molecule has 0 saturated heterocycles. The van der Waals surface area contributed by atoms with Crippen LogP contribution >= 0.6 is 0 Å². The Kier molecular flexibility index (Phi) is 11.9. The molecular formula is C49H33F18N2+. The molecule has 0 atom stereocenters. The third-order valence-electron chi connectivity index (χ3n) is 12.5. The van der Waals surface area contributed by atoms with E-state index in [0.717, 1.165) is 9.14 Å². The lowest BCUT2D eigenvalue weighted by molar-refractivity contribution is -0.452. The predicted molar refractivity (Wildman–Crippen MR) is 223 cm³/mol. The van der Waals surface area contributed by atoms with Gasteiger partial charge in [0.1, 0.15) is 0 Å². The topological polar surface area (TPSA) is 7.94 Å². The molecule has 0 amide bonds. The Hall–Kier alpha value is -6.21. The minimum Gasteiger partial charge on any atom is -0.340 e. The van der Waals surface area contributed by atoms with E-state index in [2.05, 4.69) is 0 Å². The molecule has 1 aliphatic heterocycles. The van der Waals surface area contributed by atoms with E-state index in [1.54, 1.807) is 91.0 Å². The van der Waals surface area contributed by atoms with E-state index in [1.165, 1.54) is 36.4 Å². The number of halogens is 18. The highest BCUT2D eigenvalue weighted by molar-refractivity contribution is 6.20. The van der Waals surface area contributed by atoms with E-state index < -0.39 is 73.8 Å². The van der Waals surface area contributed by atoms with Crippen molar-refractivity contribution in [2.75, 3.05) is 6.54 Å². The Labute approximate surface area is 378 Å². The van der Waals surface area contributed by atoms with Gasteiger partial charge in [0.2, 0.25) is 11.4 Å². The maximum atomic E-state index is 15.0. The van der Waals surface area contributed by atoms with E-state index in [1.807, 2.05) is 0 Å². The van der Waals surface area contributed by atoms with Crippen molar-refractivity contribution in [3.8, 4) is 0 Å². The van der Waals surface area contributed by atoms with Crippen molar-refractivity contribution in [3.05, 3.63) is 149 Å². The summed E-state index contributed by atoms with van der Waals surface area (Å²) >= 11 is 0. The van der Waals surface area contributed by atoms with Gasteiger partial charge in [0.25, 0.3) is 0 Å². The average molecular weight is 992 g/mol. The fraction of sp³-hybridized carbons (Fsp3) is 0.286. The maximum Gasteiger partial charge on any atom is 0.460 e. The van der Waals surface area contributed by atoms with Crippen LogP contribution in [0.4, 0.5) is 84.7 Å². The van der Waals surface area contributed by atoms with Gasteiger partial charge in [-0.25, -0.2) is 0 Å². The van der Waals surface area contributed by atoms with Gasteiger partial charge in [0.15, 0.2) is 6.54 Å². The van der Waals surface area contributed by atoms with Crippen molar-refractivity contribution in [2.24, 2.45) is 0 Å². The molecule has 69 heavy (non-hydrogen) atoms. The smallest absolute Gasteiger partial charge is 0.340 e. The summed E-state index contributed by atoms with van der Waals surface area (Å²) in [5, 5.41) is 2.48. The number of aryl methyl sites for hydroxylation is 1. The first-order chi connectivity index (χ1) is 32.1. The number of alkyl halides is 18. The van der Waals surface area contributed by atoms with Gasteiger partial charge in [-0.15, -0.1) is 0 Å². The van der Waals surface area contributed by atoms with E-state index in [0.29, 0.717) is 54.8 Å². The third kappa shape index (κ3) is 7.94. The summed E-state index contributed by atoms with van der Waals surface area (Å²) in [5.41, 5.74) is 3.15. The summed E-state index contributed by atoms with van der Waals surface area (Å²) in [4.78, 5) is 0. The minimum absolute atomic E-state index is 0.103. The van der Waals surface area contributed by atoms with Gasteiger partial charge in [-0.1, -0.05) is 97.1 Å². The van der Waals surface area contributed by atoms with Crippen LogP contribution in [0.2, 0.25) is 0 Å². The first kappa shape index (κ1) is 49.2.